The van der Waals surface area contributed by atoms with Crippen molar-refractivity contribution in [3.8, 4) is 0 Å². The predicted molar refractivity (Wildman–Crippen MR) is 70.2 cm³/mol. The first kappa shape index (κ1) is 14.6. The zero-order valence-corrected chi connectivity index (χ0v) is 11.0. The lowest BCUT2D eigenvalue weighted by Crippen LogP contribution is -2.23. The van der Waals surface area contributed by atoms with Gasteiger partial charge in [-0.25, -0.2) is 4.39 Å². The average molecular weight is 252 g/mol. The van der Waals surface area contributed by atoms with Gasteiger partial charge in [0.2, 0.25) is 5.91 Å². The monoisotopic (exact) mass is 252 g/mol. The summed E-state index contributed by atoms with van der Waals surface area (Å²) in [6, 6.07) is 4.86. The number of benzene rings is 1. The molecule has 3 nitrogen and oxygen atoms in total. The molecule has 4 heteroatoms. The second-order valence-electron chi connectivity index (χ2n) is 4.84. The Morgan fingerprint density at radius 1 is 1.44 bits per heavy atom. The summed E-state index contributed by atoms with van der Waals surface area (Å²) in [6.45, 7) is 4.68. The normalized spacial score (nSPS) is 10.7. The van der Waals surface area contributed by atoms with E-state index in [0.29, 0.717) is 24.4 Å². The fraction of sp³-hybridized carbons (Fsp3) is 0.500. The highest BCUT2D eigenvalue weighted by molar-refractivity contribution is 5.75. The van der Waals surface area contributed by atoms with Crippen molar-refractivity contribution in [3.63, 3.8) is 0 Å². The van der Waals surface area contributed by atoms with Crippen molar-refractivity contribution < 1.29 is 9.18 Å². The molecule has 0 atom stereocenters. The third-order valence-electron chi connectivity index (χ3n) is 2.78. The van der Waals surface area contributed by atoms with Crippen LogP contribution in [0, 0.1) is 11.7 Å². The molecule has 18 heavy (non-hydrogen) atoms. The largest absolute Gasteiger partial charge is 0.352 e. The van der Waals surface area contributed by atoms with Crippen molar-refractivity contribution in [2.24, 2.45) is 11.7 Å². The van der Waals surface area contributed by atoms with Crippen LogP contribution in [0.15, 0.2) is 18.2 Å². The van der Waals surface area contributed by atoms with Gasteiger partial charge in [0.15, 0.2) is 0 Å². The number of amides is 1. The summed E-state index contributed by atoms with van der Waals surface area (Å²) < 4.78 is 13.6. The van der Waals surface area contributed by atoms with Crippen molar-refractivity contribution in [2.45, 2.75) is 39.8 Å². The second-order valence-corrected chi connectivity index (χ2v) is 4.84. The number of nitrogens with two attached hydrogens (primary N) is 1. The van der Waals surface area contributed by atoms with Gasteiger partial charge in [0.25, 0.3) is 0 Å². The lowest BCUT2D eigenvalue weighted by molar-refractivity contribution is -0.121. The maximum atomic E-state index is 13.6. The quantitative estimate of drug-likeness (QED) is 0.816. The summed E-state index contributed by atoms with van der Waals surface area (Å²) in [5.41, 5.74) is 6.67. The van der Waals surface area contributed by atoms with Crippen LogP contribution in [0.3, 0.4) is 0 Å². The van der Waals surface area contributed by atoms with Crippen molar-refractivity contribution in [2.75, 3.05) is 0 Å². The van der Waals surface area contributed by atoms with Gasteiger partial charge < -0.3 is 11.1 Å². The van der Waals surface area contributed by atoms with Crippen LogP contribution in [0.4, 0.5) is 4.39 Å². The molecule has 0 spiro atoms. The lowest BCUT2D eigenvalue weighted by Gasteiger charge is -2.08. The van der Waals surface area contributed by atoms with Gasteiger partial charge in [0.1, 0.15) is 5.82 Å². The summed E-state index contributed by atoms with van der Waals surface area (Å²) >= 11 is 0. The molecule has 1 aromatic rings. The van der Waals surface area contributed by atoms with E-state index < -0.39 is 0 Å². The minimum atomic E-state index is -0.317. The average Bonchev–Trinajstić information content (AvgIpc) is 2.34. The van der Waals surface area contributed by atoms with Crippen molar-refractivity contribution in [1.82, 2.24) is 5.32 Å². The highest BCUT2D eigenvalue weighted by Gasteiger charge is 2.06. The predicted octanol–water partition coefficient (Wildman–Crippen LogP) is 2.34. The lowest BCUT2D eigenvalue weighted by atomic mass is 10.1. The van der Waals surface area contributed by atoms with Crippen LogP contribution in [-0.4, -0.2) is 5.91 Å². The summed E-state index contributed by atoms with van der Waals surface area (Å²) in [5.74, 6) is 0.143. The molecular weight excluding hydrogens is 231 g/mol. The molecular formula is C14H21FN2O. The Morgan fingerprint density at radius 3 is 2.72 bits per heavy atom. The highest BCUT2D eigenvalue weighted by atomic mass is 19.1. The number of hydrogen-bond donors (Lipinski definition) is 2. The molecule has 0 saturated heterocycles. The summed E-state index contributed by atoms with van der Waals surface area (Å²) in [5, 5.41) is 2.72. The molecule has 0 radical (unpaired) electrons. The number of carbonyl (C=O) groups excluding carboxylic acids is 1. The van der Waals surface area contributed by atoms with Crippen LogP contribution in [0.25, 0.3) is 0 Å². The zero-order valence-electron chi connectivity index (χ0n) is 11.0. The zero-order chi connectivity index (χ0) is 13.5. The maximum Gasteiger partial charge on any atom is 0.220 e. The molecule has 0 unspecified atom stereocenters. The van der Waals surface area contributed by atoms with Gasteiger partial charge >= 0.3 is 0 Å². The van der Waals surface area contributed by atoms with Crippen LogP contribution in [0.1, 0.15) is 37.8 Å². The molecule has 0 heterocycles. The minimum absolute atomic E-state index is 0.0361. The second kappa shape index (κ2) is 7.11. The summed E-state index contributed by atoms with van der Waals surface area (Å²) in [4.78, 5) is 11.5. The smallest absolute Gasteiger partial charge is 0.220 e. The van der Waals surface area contributed by atoms with Crippen LogP contribution in [0.5, 0.6) is 0 Å². The molecule has 1 rings (SSSR count). The topological polar surface area (TPSA) is 55.1 Å². The fourth-order valence-corrected chi connectivity index (χ4v) is 1.56. The van der Waals surface area contributed by atoms with Gasteiger partial charge in [-0.1, -0.05) is 26.0 Å². The van der Waals surface area contributed by atoms with Crippen molar-refractivity contribution in [3.05, 3.63) is 35.1 Å². The number of carbonyl (C=O) groups is 1. The first-order chi connectivity index (χ1) is 8.52. The number of halogens is 1. The van der Waals surface area contributed by atoms with E-state index in [1.165, 1.54) is 6.07 Å². The molecule has 0 aliphatic heterocycles. The Hall–Kier alpha value is -1.42. The van der Waals surface area contributed by atoms with E-state index in [-0.39, 0.29) is 18.3 Å². The molecule has 3 N–H and O–H groups in total. The summed E-state index contributed by atoms with van der Waals surface area (Å²) in [7, 11) is 0. The third kappa shape index (κ3) is 4.84. The van der Waals surface area contributed by atoms with Gasteiger partial charge in [0.05, 0.1) is 0 Å². The minimum Gasteiger partial charge on any atom is -0.352 e. The Balaban J connectivity index is 2.46. The van der Waals surface area contributed by atoms with E-state index in [4.69, 9.17) is 5.73 Å². The van der Waals surface area contributed by atoms with E-state index in [0.717, 1.165) is 12.0 Å². The van der Waals surface area contributed by atoms with Gasteiger partial charge in [-0.3, -0.25) is 4.79 Å². The number of rotatable bonds is 6. The molecule has 0 saturated carbocycles. The van der Waals surface area contributed by atoms with Gasteiger partial charge in [0, 0.05) is 25.1 Å². The molecule has 1 amide bonds. The van der Waals surface area contributed by atoms with E-state index in [1.807, 2.05) is 0 Å². The SMILES string of the molecule is CC(C)CCC(=O)NCc1ccc(CN)cc1F. The third-order valence-corrected chi connectivity index (χ3v) is 2.78. The standard InChI is InChI=1S/C14H21FN2O/c1-10(2)3-6-14(18)17-9-12-5-4-11(8-16)7-13(12)15/h4-5,7,10H,3,6,8-9,16H2,1-2H3,(H,17,18). The first-order valence-electron chi connectivity index (χ1n) is 6.27. The fourth-order valence-electron chi connectivity index (χ4n) is 1.56. The van der Waals surface area contributed by atoms with Crippen LogP contribution in [-0.2, 0) is 17.9 Å². The highest BCUT2D eigenvalue weighted by Crippen LogP contribution is 2.10. The van der Waals surface area contributed by atoms with Gasteiger partial charge in [-0.15, -0.1) is 0 Å². The molecule has 0 fully saturated rings. The van der Waals surface area contributed by atoms with Crippen molar-refractivity contribution >= 4 is 5.91 Å². The van der Waals surface area contributed by atoms with E-state index in [9.17, 15) is 9.18 Å². The van der Waals surface area contributed by atoms with Gasteiger partial charge in [-0.05, 0) is 24.0 Å². The maximum absolute atomic E-state index is 13.6. The first-order valence-corrected chi connectivity index (χ1v) is 6.27. The molecule has 100 valence electrons. The van der Waals surface area contributed by atoms with E-state index in [1.54, 1.807) is 12.1 Å². The molecule has 0 aliphatic rings. The Kier molecular flexibility index (Phi) is 5.78. The van der Waals surface area contributed by atoms with Crippen LogP contribution < -0.4 is 11.1 Å². The van der Waals surface area contributed by atoms with Crippen LogP contribution >= 0.6 is 0 Å². The Morgan fingerprint density at radius 2 is 2.17 bits per heavy atom. The number of nitrogens with one attached hydrogen (secondary N) is 1. The van der Waals surface area contributed by atoms with Gasteiger partial charge in [-0.2, -0.15) is 0 Å². The Bertz CT molecular complexity index is 405. The van der Waals surface area contributed by atoms with Crippen LogP contribution in [0.2, 0.25) is 0 Å². The molecule has 0 bridgehead atoms. The summed E-state index contributed by atoms with van der Waals surface area (Å²) in [6.07, 6.45) is 1.33. The molecule has 0 aromatic heterocycles. The number of hydrogen-bond acceptors (Lipinski definition) is 2. The van der Waals surface area contributed by atoms with E-state index >= 15 is 0 Å². The van der Waals surface area contributed by atoms with E-state index in [2.05, 4.69) is 19.2 Å². The Labute approximate surface area is 108 Å². The van der Waals surface area contributed by atoms with Crippen molar-refractivity contribution in [1.29, 1.82) is 0 Å². The molecule has 1 aromatic carbocycles. The molecule has 0 aliphatic carbocycles.